The molecule has 21 heavy (non-hydrogen) atoms. The maximum Gasteiger partial charge on any atom is 0.253 e. The number of para-hydroxylation sites is 1. The van der Waals surface area contributed by atoms with Gasteiger partial charge in [0.15, 0.2) is 0 Å². The van der Waals surface area contributed by atoms with Gasteiger partial charge in [0.1, 0.15) is 0 Å². The first-order valence-electron chi connectivity index (χ1n) is 7.68. The Bertz CT molecular complexity index is 484. The third-order valence-electron chi connectivity index (χ3n) is 3.04. The number of carbonyl (C=O) groups is 1. The van der Waals surface area contributed by atoms with E-state index in [1.165, 1.54) is 0 Å². The first kappa shape index (κ1) is 17.5. The zero-order valence-corrected chi connectivity index (χ0v) is 14.5. The molecule has 3 heteroatoms. The van der Waals surface area contributed by atoms with Gasteiger partial charge in [0, 0.05) is 17.3 Å². The molecule has 2 N–H and O–H groups in total. The van der Waals surface area contributed by atoms with E-state index < -0.39 is 0 Å². The molecule has 0 unspecified atom stereocenters. The molecule has 0 spiro atoms. The average molecular weight is 290 g/mol. The first-order chi connectivity index (χ1) is 9.50. The number of benzene rings is 1. The minimum Gasteiger partial charge on any atom is -0.382 e. The fourth-order valence-electron chi connectivity index (χ4n) is 2.86. The highest BCUT2D eigenvalue weighted by atomic mass is 16.1. The molecule has 0 fully saturated rings. The molecule has 0 aliphatic heterocycles. The number of amides is 1. The normalized spacial score (nSPS) is 12.4. The lowest BCUT2D eigenvalue weighted by molar-refractivity contribution is 0.0892. The van der Waals surface area contributed by atoms with Crippen LogP contribution in [0.3, 0.4) is 0 Å². The molecule has 0 aromatic heterocycles. The number of anilines is 1. The predicted octanol–water partition coefficient (Wildman–Crippen LogP) is 4.45. The SMILES string of the molecule is CC(C)Nc1ccccc1C(=O)NC(C)(C)CC(C)(C)C. The van der Waals surface area contributed by atoms with Crippen molar-refractivity contribution >= 4 is 11.6 Å². The standard InChI is InChI=1S/C18H30N2O/c1-13(2)19-15-11-9-8-10-14(15)16(21)20-18(6,7)12-17(3,4)5/h8-11,13,19H,12H2,1-7H3,(H,20,21). The summed E-state index contributed by atoms with van der Waals surface area (Å²) in [7, 11) is 0. The summed E-state index contributed by atoms with van der Waals surface area (Å²) < 4.78 is 0. The molecule has 1 aromatic rings. The molecule has 118 valence electrons. The number of hydrogen-bond donors (Lipinski definition) is 2. The van der Waals surface area contributed by atoms with Crippen LogP contribution in [0.5, 0.6) is 0 Å². The van der Waals surface area contributed by atoms with Crippen molar-refractivity contribution < 1.29 is 4.79 Å². The second kappa shape index (κ2) is 6.50. The van der Waals surface area contributed by atoms with Crippen molar-refractivity contribution in [1.82, 2.24) is 5.32 Å². The summed E-state index contributed by atoms with van der Waals surface area (Å²) in [6, 6.07) is 7.96. The van der Waals surface area contributed by atoms with Crippen LogP contribution in [0.1, 0.15) is 65.2 Å². The summed E-state index contributed by atoms with van der Waals surface area (Å²) in [5, 5.41) is 6.49. The Morgan fingerprint density at radius 2 is 1.67 bits per heavy atom. The maximum absolute atomic E-state index is 12.6. The molecule has 0 aliphatic carbocycles. The van der Waals surface area contributed by atoms with Crippen LogP contribution in [0.2, 0.25) is 0 Å². The van der Waals surface area contributed by atoms with Crippen molar-refractivity contribution in [2.24, 2.45) is 5.41 Å². The van der Waals surface area contributed by atoms with Gasteiger partial charge in [0.25, 0.3) is 5.91 Å². The molecule has 0 saturated carbocycles. The van der Waals surface area contributed by atoms with Crippen LogP contribution < -0.4 is 10.6 Å². The van der Waals surface area contributed by atoms with E-state index in [0.717, 1.165) is 12.1 Å². The Kier molecular flexibility index (Phi) is 5.43. The van der Waals surface area contributed by atoms with E-state index in [9.17, 15) is 4.79 Å². The van der Waals surface area contributed by atoms with Gasteiger partial charge >= 0.3 is 0 Å². The van der Waals surface area contributed by atoms with Crippen molar-refractivity contribution in [1.29, 1.82) is 0 Å². The molecule has 3 nitrogen and oxygen atoms in total. The topological polar surface area (TPSA) is 41.1 Å². The lowest BCUT2D eigenvalue weighted by atomic mass is 9.81. The van der Waals surface area contributed by atoms with Crippen LogP contribution in [0.15, 0.2) is 24.3 Å². The fourth-order valence-corrected chi connectivity index (χ4v) is 2.86. The Morgan fingerprint density at radius 3 is 2.19 bits per heavy atom. The van der Waals surface area contributed by atoms with Gasteiger partial charge < -0.3 is 10.6 Å². The van der Waals surface area contributed by atoms with Crippen molar-refractivity contribution in [3.8, 4) is 0 Å². The van der Waals surface area contributed by atoms with Crippen LogP contribution in [-0.2, 0) is 0 Å². The van der Waals surface area contributed by atoms with Gasteiger partial charge in [-0.05, 0) is 51.7 Å². The number of hydrogen-bond acceptors (Lipinski definition) is 2. The fraction of sp³-hybridized carbons (Fsp3) is 0.611. The average Bonchev–Trinajstić information content (AvgIpc) is 2.24. The van der Waals surface area contributed by atoms with Crippen molar-refractivity contribution in [3.05, 3.63) is 29.8 Å². The molecule has 0 aliphatic rings. The van der Waals surface area contributed by atoms with Crippen LogP contribution >= 0.6 is 0 Å². The predicted molar refractivity (Wildman–Crippen MR) is 90.8 cm³/mol. The van der Waals surface area contributed by atoms with Gasteiger partial charge in [0.05, 0.1) is 5.56 Å². The Hall–Kier alpha value is -1.51. The summed E-state index contributed by atoms with van der Waals surface area (Å²) in [6.07, 6.45) is 0.922. The van der Waals surface area contributed by atoms with Gasteiger partial charge in [-0.2, -0.15) is 0 Å². The van der Waals surface area contributed by atoms with Crippen LogP contribution in [0.25, 0.3) is 0 Å². The number of rotatable bonds is 5. The first-order valence-corrected chi connectivity index (χ1v) is 7.68. The second-order valence-corrected chi connectivity index (χ2v) is 7.92. The summed E-state index contributed by atoms with van der Waals surface area (Å²) in [4.78, 5) is 12.6. The third kappa shape index (κ3) is 6.19. The number of carbonyl (C=O) groups excluding carboxylic acids is 1. The largest absolute Gasteiger partial charge is 0.382 e. The van der Waals surface area contributed by atoms with Gasteiger partial charge in [-0.25, -0.2) is 0 Å². The van der Waals surface area contributed by atoms with E-state index in [0.29, 0.717) is 11.6 Å². The molecular formula is C18H30N2O. The lowest BCUT2D eigenvalue weighted by Crippen LogP contribution is -2.46. The maximum atomic E-state index is 12.6. The highest BCUT2D eigenvalue weighted by molar-refractivity contribution is 6.00. The molecule has 0 saturated heterocycles. The van der Waals surface area contributed by atoms with Gasteiger partial charge in [0.2, 0.25) is 0 Å². The highest BCUT2D eigenvalue weighted by Crippen LogP contribution is 2.27. The molecule has 0 radical (unpaired) electrons. The van der Waals surface area contributed by atoms with Gasteiger partial charge in [-0.1, -0.05) is 32.9 Å². The quantitative estimate of drug-likeness (QED) is 0.841. The molecule has 1 amide bonds. The summed E-state index contributed by atoms with van der Waals surface area (Å²) in [6.45, 7) is 14.9. The number of nitrogens with one attached hydrogen (secondary N) is 2. The Labute approximate surface area is 129 Å². The highest BCUT2D eigenvalue weighted by Gasteiger charge is 2.28. The minimum absolute atomic E-state index is 0.0204. The molecule has 1 aromatic carbocycles. The van der Waals surface area contributed by atoms with Gasteiger partial charge in [-0.15, -0.1) is 0 Å². The smallest absolute Gasteiger partial charge is 0.253 e. The molecule has 0 heterocycles. The summed E-state index contributed by atoms with van der Waals surface area (Å²) >= 11 is 0. The zero-order valence-electron chi connectivity index (χ0n) is 14.5. The summed E-state index contributed by atoms with van der Waals surface area (Å²) in [5.74, 6) is -0.0204. The van der Waals surface area contributed by atoms with Crippen LogP contribution in [0, 0.1) is 5.41 Å². The lowest BCUT2D eigenvalue weighted by Gasteiger charge is -2.33. The molecular weight excluding hydrogens is 260 g/mol. The van der Waals surface area contributed by atoms with E-state index in [-0.39, 0.29) is 16.9 Å². The van der Waals surface area contributed by atoms with Crippen LogP contribution in [-0.4, -0.2) is 17.5 Å². The zero-order chi connectivity index (χ0) is 16.3. The third-order valence-corrected chi connectivity index (χ3v) is 3.04. The van der Waals surface area contributed by atoms with Crippen molar-refractivity contribution in [2.75, 3.05) is 5.32 Å². The van der Waals surface area contributed by atoms with E-state index >= 15 is 0 Å². The molecule has 0 atom stereocenters. The minimum atomic E-state index is -0.236. The van der Waals surface area contributed by atoms with Crippen molar-refractivity contribution in [3.63, 3.8) is 0 Å². The van der Waals surface area contributed by atoms with E-state index in [1.807, 2.05) is 24.3 Å². The van der Waals surface area contributed by atoms with Crippen molar-refractivity contribution in [2.45, 2.75) is 66.5 Å². The van der Waals surface area contributed by atoms with Crippen LogP contribution in [0.4, 0.5) is 5.69 Å². The Morgan fingerprint density at radius 1 is 1.10 bits per heavy atom. The molecule has 1 rings (SSSR count). The van der Waals surface area contributed by atoms with E-state index in [2.05, 4.69) is 59.1 Å². The second-order valence-electron chi connectivity index (χ2n) is 7.92. The Balaban J connectivity index is 2.89. The summed E-state index contributed by atoms with van der Waals surface area (Å²) in [5.41, 5.74) is 1.52. The monoisotopic (exact) mass is 290 g/mol. The molecule has 0 bridgehead atoms. The van der Waals surface area contributed by atoms with E-state index in [1.54, 1.807) is 0 Å². The van der Waals surface area contributed by atoms with Gasteiger partial charge in [-0.3, -0.25) is 4.79 Å². The van der Waals surface area contributed by atoms with E-state index in [4.69, 9.17) is 0 Å².